The van der Waals surface area contributed by atoms with E-state index in [2.05, 4.69) is 16.8 Å². The van der Waals surface area contributed by atoms with Crippen LogP contribution in [0.4, 0.5) is 0 Å². The van der Waals surface area contributed by atoms with Crippen molar-refractivity contribution in [2.45, 2.75) is 6.10 Å². The number of aliphatic hydroxyl groups is 1. The van der Waals surface area contributed by atoms with E-state index >= 15 is 0 Å². The van der Waals surface area contributed by atoms with Crippen LogP contribution in [0.1, 0.15) is 11.8 Å². The summed E-state index contributed by atoms with van der Waals surface area (Å²) in [6, 6.07) is 0. The first-order chi connectivity index (χ1) is 4.74. The summed E-state index contributed by atoms with van der Waals surface area (Å²) in [6.07, 6.45) is 2.21. The molecule has 0 aliphatic rings. The fraction of sp³-hybridized carbons (Fsp3) is 0.333. The van der Waals surface area contributed by atoms with E-state index in [9.17, 15) is 0 Å². The summed E-state index contributed by atoms with van der Waals surface area (Å²) < 4.78 is 0. The molecular formula is C6H9N3O. The van der Waals surface area contributed by atoms with Gasteiger partial charge in [0, 0.05) is 7.05 Å². The molecule has 1 unspecified atom stereocenters. The number of nitrogens with zero attached hydrogens (tertiary/aromatic N) is 3. The zero-order chi connectivity index (χ0) is 7.56. The molecule has 0 bridgehead atoms. The molecule has 1 aromatic rings. The van der Waals surface area contributed by atoms with E-state index in [1.807, 2.05) is 0 Å². The predicted molar refractivity (Wildman–Crippen MR) is 36.2 cm³/mol. The molecule has 0 amide bonds. The first-order valence-electron chi connectivity index (χ1n) is 2.91. The average molecular weight is 139 g/mol. The summed E-state index contributed by atoms with van der Waals surface area (Å²) in [6.45, 7) is 3.42. The molecular weight excluding hydrogens is 130 g/mol. The van der Waals surface area contributed by atoms with Gasteiger partial charge in [-0.3, -0.25) is 0 Å². The summed E-state index contributed by atoms with van der Waals surface area (Å²) >= 11 is 0. The maximum atomic E-state index is 9.11. The first kappa shape index (κ1) is 6.95. The molecule has 1 rings (SSSR count). The van der Waals surface area contributed by atoms with Gasteiger partial charge in [-0.05, 0) is 0 Å². The molecule has 0 spiro atoms. The SMILES string of the molecule is C=CC(O)c1cnn(C)n1. The number of rotatable bonds is 2. The van der Waals surface area contributed by atoms with Gasteiger partial charge in [0.25, 0.3) is 0 Å². The van der Waals surface area contributed by atoms with Gasteiger partial charge in [-0.15, -0.1) is 6.58 Å². The Hall–Kier alpha value is -1.16. The highest BCUT2D eigenvalue weighted by Gasteiger charge is 2.04. The Balaban J connectivity index is 2.84. The van der Waals surface area contributed by atoms with Gasteiger partial charge in [-0.1, -0.05) is 6.08 Å². The lowest BCUT2D eigenvalue weighted by molar-refractivity contribution is 0.223. The molecule has 1 atom stereocenters. The van der Waals surface area contributed by atoms with Crippen LogP contribution >= 0.6 is 0 Å². The van der Waals surface area contributed by atoms with E-state index in [0.29, 0.717) is 5.69 Å². The second kappa shape index (κ2) is 2.62. The number of aliphatic hydroxyl groups excluding tert-OH is 1. The van der Waals surface area contributed by atoms with Crippen molar-refractivity contribution in [1.29, 1.82) is 0 Å². The Morgan fingerprint density at radius 1 is 1.90 bits per heavy atom. The van der Waals surface area contributed by atoms with Gasteiger partial charge < -0.3 is 5.11 Å². The minimum Gasteiger partial charge on any atom is -0.383 e. The summed E-state index contributed by atoms with van der Waals surface area (Å²) in [5.74, 6) is 0. The highest BCUT2D eigenvalue weighted by molar-refractivity contribution is 5.03. The van der Waals surface area contributed by atoms with Crippen LogP contribution in [0.5, 0.6) is 0 Å². The minimum absolute atomic E-state index is 0.525. The van der Waals surface area contributed by atoms with Crippen molar-refractivity contribution in [1.82, 2.24) is 15.0 Å². The number of aryl methyl sites for hydroxylation is 1. The predicted octanol–water partition coefficient (Wildman–Crippen LogP) is 0.0345. The molecule has 1 heterocycles. The zero-order valence-electron chi connectivity index (χ0n) is 5.73. The van der Waals surface area contributed by atoms with Gasteiger partial charge in [0.2, 0.25) is 0 Å². The van der Waals surface area contributed by atoms with Crippen LogP contribution < -0.4 is 0 Å². The summed E-state index contributed by atoms with van der Waals surface area (Å²) in [5, 5.41) is 16.8. The molecule has 0 aliphatic carbocycles. The zero-order valence-corrected chi connectivity index (χ0v) is 5.73. The third kappa shape index (κ3) is 1.22. The molecule has 0 fully saturated rings. The lowest BCUT2D eigenvalue weighted by Gasteiger charge is -1.95. The summed E-state index contributed by atoms with van der Waals surface area (Å²) in [7, 11) is 1.69. The fourth-order valence-electron chi connectivity index (χ4n) is 0.618. The van der Waals surface area contributed by atoms with Gasteiger partial charge >= 0.3 is 0 Å². The van der Waals surface area contributed by atoms with Gasteiger partial charge in [0.1, 0.15) is 11.8 Å². The second-order valence-electron chi connectivity index (χ2n) is 1.94. The number of hydrogen-bond acceptors (Lipinski definition) is 3. The van der Waals surface area contributed by atoms with E-state index in [1.54, 1.807) is 7.05 Å². The van der Waals surface area contributed by atoms with Crippen molar-refractivity contribution in [3.63, 3.8) is 0 Å². The van der Waals surface area contributed by atoms with Crippen LogP contribution in [-0.4, -0.2) is 20.1 Å². The Bertz CT molecular complexity index is 231. The third-order valence-corrected chi connectivity index (χ3v) is 1.14. The lowest BCUT2D eigenvalue weighted by atomic mass is 10.3. The molecule has 1 aromatic heterocycles. The van der Waals surface area contributed by atoms with Crippen molar-refractivity contribution >= 4 is 0 Å². The van der Waals surface area contributed by atoms with Crippen LogP contribution in [0, 0.1) is 0 Å². The Labute approximate surface area is 58.8 Å². The maximum absolute atomic E-state index is 9.11. The van der Waals surface area contributed by atoms with Gasteiger partial charge in [-0.2, -0.15) is 15.0 Å². The molecule has 4 heteroatoms. The number of aromatic nitrogens is 3. The van der Waals surface area contributed by atoms with Crippen LogP contribution in [0.25, 0.3) is 0 Å². The van der Waals surface area contributed by atoms with Crippen LogP contribution in [0.3, 0.4) is 0 Å². The van der Waals surface area contributed by atoms with E-state index in [-0.39, 0.29) is 0 Å². The van der Waals surface area contributed by atoms with Crippen LogP contribution in [0.15, 0.2) is 18.9 Å². The van der Waals surface area contributed by atoms with E-state index < -0.39 is 6.10 Å². The Morgan fingerprint density at radius 3 is 3.00 bits per heavy atom. The average Bonchev–Trinajstić information content (AvgIpc) is 2.34. The van der Waals surface area contributed by atoms with Gasteiger partial charge in [0.05, 0.1) is 6.20 Å². The highest BCUT2D eigenvalue weighted by atomic mass is 16.3. The van der Waals surface area contributed by atoms with Crippen molar-refractivity contribution in [2.75, 3.05) is 0 Å². The first-order valence-corrected chi connectivity index (χ1v) is 2.91. The molecule has 0 aliphatic heterocycles. The van der Waals surface area contributed by atoms with E-state index in [0.717, 1.165) is 0 Å². The molecule has 10 heavy (non-hydrogen) atoms. The molecule has 0 aromatic carbocycles. The number of hydrogen-bond donors (Lipinski definition) is 1. The van der Waals surface area contributed by atoms with Gasteiger partial charge in [-0.25, -0.2) is 0 Å². The molecule has 1 N–H and O–H groups in total. The second-order valence-corrected chi connectivity index (χ2v) is 1.94. The van der Waals surface area contributed by atoms with Crippen molar-refractivity contribution in [2.24, 2.45) is 7.05 Å². The molecule has 54 valence electrons. The molecule has 4 nitrogen and oxygen atoms in total. The monoisotopic (exact) mass is 139 g/mol. The molecule has 0 saturated carbocycles. The summed E-state index contributed by atoms with van der Waals surface area (Å²) in [4.78, 5) is 1.39. The quantitative estimate of drug-likeness (QED) is 0.588. The standard InChI is InChI=1S/C6H9N3O/c1-3-6(10)5-4-7-9(2)8-5/h3-4,6,10H,1H2,2H3. The highest BCUT2D eigenvalue weighted by Crippen LogP contribution is 2.07. The summed E-state index contributed by atoms with van der Waals surface area (Å²) in [5.41, 5.74) is 0.525. The maximum Gasteiger partial charge on any atom is 0.117 e. The molecule has 0 saturated heterocycles. The Kier molecular flexibility index (Phi) is 1.82. The Morgan fingerprint density at radius 2 is 2.60 bits per heavy atom. The van der Waals surface area contributed by atoms with Crippen molar-refractivity contribution in [3.8, 4) is 0 Å². The lowest BCUT2D eigenvalue weighted by Crippen LogP contribution is -1.96. The third-order valence-electron chi connectivity index (χ3n) is 1.14. The van der Waals surface area contributed by atoms with Crippen molar-refractivity contribution in [3.05, 3.63) is 24.5 Å². The van der Waals surface area contributed by atoms with E-state index in [1.165, 1.54) is 17.1 Å². The topological polar surface area (TPSA) is 50.9 Å². The van der Waals surface area contributed by atoms with Crippen molar-refractivity contribution < 1.29 is 5.11 Å². The normalized spacial score (nSPS) is 13.0. The smallest absolute Gasteiger partial charge is 0.117 e. The fourth-order valence-corrected chi connectivity index (χ4v) is 0.618. The molecule has 0 radical (unpaired) electrons. The minimum atomic E-state index is -0.700. The van der Waals surface area contributed by atoms with E-state index in [4.69, 9.17) is 5.11 Å². The largest absolute Gasteiger partial charge is 0.383 e. The van der Waals surface area contributed by atoms with Gasteiger partial charge in [0.15, 0.2) is 0 Å². The van der Waals surface area contributed by atoms with Crippen LogP contribution in [0.2, 0.25) is 0 Å². The van der Waals surface area contributed by atoms with Crippen LogP contribution in [-0.2, 0) is 7.05 Å².